The van der Waals surface area contributed by atoms with Crippen molar-refractivity contribution in [2.24, 2.45) is 5.41 Å². The number of piperidine rings is 1. The average molecular weight is 250 g/mol. The highest BCUT2D eigenvalue weighted by molar-refractivity contribution is 4.93. The average Bonchev–Trinajstić information content (AvgIpc) is 3.10. The van der Waals surface area contributed by atoms with Crippen LogP contribution in [0.5, 0.6) is 0 Å². The fourth-order valence-corrected chi connectivity index (χ4v) is 3.99. The molecule has 1 heterocycles. The normalized spacial score (nSPS) is 32.8. The molecule has 2 aliphatic carbocycles. The molecule has 1 N–H and O–H groups in total. The van der Waals surface area contributed by atoms with E-state index in [1.807, 2.05) is 0 Å². The third kappa shape index (κ3) is 3.08. The van der Waals surface area contributed by atoms with Crippen LogP contribution in [0.4, 0.5) is 0 Å². The van der Waals surface area contributed by atoms with Crippen molar-refractivity contribution in [3.8, 4) is 0 Å². The van der Waals surface area contributed by atoms with E-state index >= 15 is 0 Å². The first-order valence-electron chi connectivity index (χ1n) is 8.25. The van der Waals surface area contributed by atoms with Crippen molar-refractivity contribution in [2.45, 2.75) is 76.8 Å². The molecule has 0 aromatic rings. The van der Waals surface area contributed by atoms with Crippen molar-refractivity contribution >= 4 is 0 Å². The molecule has 2 saturated carbocycles. The third-order valence-corrected chi connectivity index (χ3v) is 5.49. The van der Waals surface area contributed by atoms with Gasteiger partial charge in [0.2, 0.25) is 0 Å². The van der Waals surface area contributed by atoms with E-state index in [4.69, 9.17) is 0 Å². The van der Waals surface area contributed by atoms with Gasteiger partial charge >= 0.3 is 0 Å². The molecule has 18 heavy (non-hydrogen) atoms. The summed E-state index contributed by atoms with van der Waals surface area (Å²) in [5, 5.41) is 3.82. The Balaban J connectivity index is 1.57. The van der Waals surface area contributed by atoms with Gasteiger partial charge in [0, 0.05) is 25.2 Å². The van der Waals surface area contributed by atoms with Gasteiger partial charge in [-0.05, 0) is 57.4 Å². The third-order valence-electron chi connectivity index (χ3n) is 5.49. The van der Waals surface area contributed by atoms with Crippen LogP contribution in [0, 0.1) is 5.41 Å². The highest BCUT2D eigenvalue weighted by atomic mass is 15.2. The van der Waals surface area contributed by atoms with Gasteiger partial charge in [0.1, 0.15) is 0 Å². The topological polar surface area (TPSA) is 15.3 Å². The quantitative estimate of drug-likeness (QED) is 0.806. The van der Waals surface area contributed by atoms with Gasteiger partial charge in [0.05, 0.1) is 0 Å². The van der Waals surface area contributed by atoms with Gasteiger partial charge in [-0.3, -0.25) is 0 Å². The smallest absolute Gasteiger partial charge is 0.00684 e. The Morgan fingerprint density at radius 1 is 1.06 bits per heavy atom. The predicted molar refractivity (Wildman–Crippen MR) is 76.8 cm³/mol. The predicted octanol–water partition coefficient (Wildman–Crippen LogP) is 3.17. The van der Waals surface area contributed by atoms with Gasteiger partial charge in [0.25, 0.3) is 0 Å². The second-order valence-electron chi connectivity index (χ2n) is 7.18. The van der Waals surface area contributed by atoms with Crippen LogP contribution in [0.15, 0.2) is 0 Å². The molecule has 1 atom stereocenters. The van der Waals surface area contributed by atoms with E-state index in [-0.39, 0.29) is 0 Å². The van der Waals surface area contributed by atoms with Crippen LogP contribution in [0.1, 0.15) is 64.7 Å². The van der Waals surface area contributed by atoms with Gasteiger partial charge in [0.15, 0.2) is 0 Å². The van der Waals surface area contributed by atoms with E-state index in [1.54, 1.807) is 0 Å². The second kappa shape index (κ2) is 5.50. The maximum Gasteiger partial charge on any atom is 0.00684 e. The highest BCUT2D eigenvalue weighted by Gasteiger charge is 2.38. The summed E-state index contributed by atoms with van der Waals surface area (Å²) in [6.45, 7) is 6.46. The minimum Gasteiger partial charge on any atom is -0.313 e. The lowest BCUT2D eigenvalue weighted by Gasteiger charge is -2.41. The summed E-state index contributed by atoms with van der Waals surface area (Å²) in [4.78, 5) is 2.80. The number of hydrogen-bond donors (Lipinski definition) is 1. The maximum atomic E-state index is 3.82. The van der Waals surface area contributed by atoms with Crippen LogP contribution in [0.3, 0.4) is 0 Å². The standard InChI is InChI=1S/C16H30N2/c1-14-6-2-5-11-18(14)13-16(9-3-4-10-16)12-17-15-7-8-15/h14-15,17H,2-13H2,1H3. The Bertz CT molecular complexity index is 266. The van der Waals surface area contributed by atoms with E-state index in [2.05, 4.69) is 17.1 Å². The lowest BCUT2D eigenvalue weighted by atomic mass is 9.84. The fraction of sp³-hybridized carbons (Fsp3) is 1.00. The van der Waals surface area contributed by atoms with Crippen LogP contribution in [-0.4, -0.2) is 36.6 Å². The van der Waals surface area contributed by atoms with Gasteiger partial charge in [-0.1, -0.05) is 19.3 Å². The number of rotatable bonds is 5. The van der Waals surface area contributed by atoms with E-state index in [1.165, 1.54) is 77.4 Å². The summed E-state index contributed by atoms with van der Waals surface area (Å²) in [6, 6.07) is 1.71. The number of likely N-dealkylation sites (tertiary alicyclic amines) is 1. The fourth-order valence-electron chi connectivity index (χ4n) is 3.99. The summed E-state index contributed by atoms with van der Waals surface area (Å²) < 4.78 is 0. The summed E-state index contributed by atoms with van der Waals surface area (Å²) >= 11 is 0. The Morgan fingerprint density at radius 2 is 1.83 bits per heavy atom. The van der Waals surface area contributed by atoms with E-state index < -0.39 is 0 Å². The van der Waals surface area contributed by atoms with Crippen molar-refractivity contribution in [1.29, 1.82) is 0 Å². The molecule has 1 aliphatic heterocycles. The van der Waals surface area contributed by atoms with Gasteiger partial charge < -0.3 is 10.2 Å². The molecule has 3 aliphatic rings. The first kappa shape index (κ1) is 12.9. The monoisotopic (exact) mass is 250 g/mol. The Kier molecular flexibility index (Phi) is 3.95. The van der Waals surface area contributed by atoms with Crippen molar-refractivity contribution < 1.29 is 0 Å². The summed E-state index contributed by atoms with van der Waals surface area (Å²) in [6.07, 6.45) is 13.0. The Hall–Kier alpha value is -0.0800. The van der Waals surface area contributed by atoms with Gasteiger partial charge in [-0.15, -0.1) is 0 Å². The highest BCUT2D eigenvalue weighted by Crippen LogP contribution is 2.40. The molecular formula is C16H30N2. The first-order valence-corrected chi connectivity index (χ1v) is 8.25. The lowest BCUT2D eigenvalue weighted by molar-refractivity contribution is 0.0888. The first-order chi connectivity index (χ1) is 8.77. The number of nitrogens with one attached hydrogen (secondary N) is 1. The molecule has 0 bridgehead atoms. The lowest BCUT2D eigenvalue weighted by Crippen LogP contribution is -2.47. The van der Waals surface area contributed by atoms with Crippen molar-refractivity contribution in [1.82, 2.24) is 10.2 Å². The molecule has 0 aromatic heterocycles. The molecule has 0 amide bonds. The van der Waals surface area contributed by atoms with Gasteiger partial charge in [-0.2, -0.15) is 0 Å². The minimum atomic E-state index is 0.619. The molecule has 3 rings (SSSR count). The molecule has 0 spiro atoms. The molecule has 2 nitrogen and oxygen atoms in total. The van der Waals surface area contributed by atoms with Crippen LogP contribution < -0.4 is 5.32 Å². The molecule has 0 aromatic carbocycles. The van der Waals surface area contributed by atoms with Crippen molar-refractivity contribution in [2.75, 3.05) is 19.6 Å². The Labute approximate surface area is 113 Å². The van der Waals surface area contributed by atoms with E-state index in [0.717, 1.165) is 12.1 Å². The number of hydrogen-bond acceptors (Lipinski definition) is 2. The number of nitrogens with zero attached hydrogens (tertiary/aromatic N) is 1. The maximum absolute atomic E-state index is 3.82. The van der Waals surface area contributed by atoms with Crippen LogP contribution in [0.2, 0.25) is 0 Å². The molecule has 3 fully saturated rings. The molecule has 1 saturated heterocycles. The largest absolute Gasteiger partial charge is 0.313 e. The van der Waals surface area contributed by atoms with Crippen LogP contribution >= 0.6 is 0 Å². The van der Waals surface area contributed by atoms with Crippen molar-refractivity contribution in [3.05, 3.63) is 0 Å². The molecule has 2 heteroatoms. The van der Waals surface area contributed by atoms with E-state index in [9.17, 15) is 0 Å². The second-order valence-corrected chi connectivity index (χ2v) is 7.18. The molecule has 0 radical (unpaired) electrons. The van der Waals surface area contributed by atoms with Crippen LogP contribution in [0.25, 0.3) is 0 Å². The van der Waals surface area contributed by atoms with Crippen molar-refractivity contribution in [3.63, 3.8) is 0 Å². The molecule has 1 unspecified atom stereocenters. The van der Waals surface area contributed by atoms with E-state index in [0.29, 0.717) is 5.41 Å². The van der Waals surface area contributed by atoms with Gasteiger partial charge in [-0.25, -0.2) is 0 Å². The zero-order valence-electron chi connectivity index (χ0n) is 12.1. The SMILES string of the molecule is CC1CCCCN1CC1(CNC2CC2)CCCC1. The molecule has 104 valence electrons. The molecular weight excluding hydrogens is 220 g/mol. The summed E-state index contributed by atoms with van der Waals surface area (Å²) in [5.74, 6) is 0. The Morgan fingerprint density at radius 3 is 2.50 bits per heavy atom. The zero-order chi connectivity index (χ0) is 12.4. The summed E-state index contributed by atoms with van der Waals surface area (Å²) in [7, 11) is 0. The zero-order valence-corrected chi connectivity index (χ0v) is 12.1. The van der Waals surface area contributed by atoms with Crippen LogP contribution in [-0.2, 0) is 0 Å². The minimum absolute atomic E-state index is 0.619. The summed E-state index contributed by atoms with van der Waals surface area (Å²) in [5.41, 5.74) is 0.619.